The van der Waals surface area contributed by atoms with Crippen molar-refractivity contribution in [3.8, 4) is 0 Å². The topological polar surface area (TPSA) is 49.8 Å². The zero-order valence-corrected chi connectivity index (χ0v) is 10.5. The molecule has 1 heterocycles. The van der Waals surface area contributed by atoms with Gasteiger partial charge in [-0.25, -0.2) is 9.97 Å². The molecular formula is C13H20N4. The van der Waals surface area contributed by atoms with Crippen LogP contribution >= 0.6 is 0 Å². The normalized spacial score (nSPS) is 26.7. The maximum atomic E-state index is 4.63. The zero-order valence-electron chi connectivity index (χ0n) is 10.5. The van der Waals surface area contributed by atoms with Crippen molar-refractivity contribution >= 4 is 11.6 Å². The van der Waals surface area contributed by atoms with Gasteiger partial charge in [0.1, 0.15) is 17.5 Å². The Bertz CT molecular complexity index is 414. The number of aromatic nitrogens is 2. The molecule has 0 amide bonds. The van der Waals surface area contributed by atoms with Gasteiger partial charge < -0.3 is 10.6 Å². The number of nitrogens with one attached hydrogen (secondary N) is 2. The van der Waals surface area contributed by atoms with Gasteiger partial charge in [0.25, 0.3) is 0 Å². The Morgan fingerprint density at radius 2 is 2.06 bits per heavy atom. The Balaban J connectivity index is 1.75. The van der Waals surface area contributed by atoms with E-state index < -0.39 is 0 Å². The van der Waals surface area contributed by atoms with Crippen LogP contribution in [0.3, 0.4) is 0 Å². The molecule has 0 spiro atoms. The average Bonchev–Trinajstić information content (AvgIpc) is 3.22. The first-order valence-electron chi connectivity index (χ1n) is 6.63. The number of hydrogen-bond donors (Lipinski definition) is 2. The van der Waals surface area contributed by atoms with Crippen molar-refractivity contribution in [1.82, 2.24) is 9.97 Å². The van der Waals surface area contributed by atoms with Crippen molar-refractivity contribution in [3.05, 3.63) is 11.9 Å². The lowest BCUT2D eigenvalue weighted by atomic mass is 10.3. The smallest absolute Gasteiger partial charge is 0.136 e. The lowest BCUT2D eigenvalue weighted by Gasteiger charge is -2.09. The molecule has 4 heteroatoms. The molecule has 2 unspecified atom stereocenters. The summed E-state index contributed by atoms with van der Waals surface area (Å²) in [6.45, 7) is 2.25. The lowest BCUT2D eigenvalue weighted by molar-refractivity contribution is 0.772. The van der Waals surface area contributed by atoms with Crippen molar-refractivity contribution in [2.24, 2.45) is 5.92 Å². The van der Waals surface area contributed by atoms with Crippen LogP contribution in [-0.2, 0) is 0 Å². The van der Waals surface area contributed by atoms with Crippen molar-refractivity contribution < 1.29 is 0 Å². The van der Waals surface area contributed by atoms with Crippen LogP contribution in [0, 0.1) is 5.92 Å². The quantitative estimate of drug-likeness (QED) is 0.819. The van der Waals surface area contributed by atoms with Crippen LogP contribution in [0.1, 0.15) is 44.3 Å². The van der Waals surface area contributed by atoms with Gasteiger partial charge in [0.05, 0.1) is 0 Å². The second-order valence-electron chi connectivity index (χ2n) is 5.18. The highest BCUT2D eigenvalue weighted by atomic mass is 15.1. The van der Waals surface area contributed by atoms with Crippen molar-refractivity contribution in [2.45, 2.75) is 44.6 Å². The molecule has 17 heavy (non-hydrogen) atoms. The molecular weight excluding hydrogens is 212 g/mol. The molecule has 1 aromatic rings. The molecule has 0 aromatic carbocycles. The fourth-order valence-corrected chi connectivity index (χ4v) is 2.26. The van der Waals surface area contributed by atoms with Gasteiger partial charge in [-0.1, -0.05) is 13.3 Å². The van der Waals surface area contributed by atoms with Gasteiger partial charge in [0.2, 0.25) is 0 Å². The highest BCUT2D eigenvalue weighted by Gasteiger charge is 2.36. The molecule has 0 bridgehead atoms. The summed E-state index contributed by atoms with van der Waals surface area (Å²) in [4.78, 5) is 9.15. The Morgan fingerprint density at radius 1 is 1.29 bits per heavy atom. The Kier molecular flexibility index (Phi) is 2.65. The summed E-state index contributed by atoms with van der Waals surface area (Å²) in [5, 5.41) is 6.64. The van der Waals surface area contributed by atoms with E-state index in [1.807, 2.05) is 13.1 Å². The third-order valence-electron chi connectivity index (χ3n) is 3.72. The first kappa shape index (κ1) is 10.8. The third-order valence-corrected chi connectivity index (χ3v) is 3.72. The second kappa shape index (κ2) is 4.17. The number of hydrogen-bond acceptors (Lipinski definition) is 4. The monoisotopic (exact) mass is 232 g/mol. The summed E-state index contributed by atoms with van der Waals surface area (Å²) in [5.41, 5.74) is 0. The molecule has 2 fully saturated rings. The van der Waals surface area contributed by atoms with E-state index in [0.29, 0.717) is 12.0 Å². The Hall–Kier alpha value is -1.32. The Morgan fingerprint density at radius 3 is 2.65 bits per heavy atom. The van der Waals surface area contributed by atoms with E-state index in [0.717, 1.165) is 23.4 Å². The molecule has 2 aliphatic carbocycles. The predicted molar refractivity (Wildman–Crippen MR) is 69.4 cm³/mol. The molecule has 0 aliphatic heterocycles. The minimum atomic E-state index is 0.602. The van der Waals surface area contributed by atoms with E-state index in [2.05, 4.69) is 27.5 Å². The number of nitrogens with zero attached hydrogens (tertiary/aromatic N) is 2. The zero-order chi connectivity index (χ0) is 11.8. The van der Waals surface area contributed by atoms with Gasteiger partial charge in [0.15, 0.2) is 0 Å². The first-order chi connectivity index (χ1) is 8.30. The van der Waals surface area contributed by atoms with Crippen LogP contribution in [0.5, 0.6) is 0 Å². The fourth-order valence-electron chi connectivity index (χ4n) is 2.26. The molecule has 0 saturated heterocycles. The van der Waals surface area contributed by atoms with Crippen LogP contribution in [0.15, 0.2) is 6.07 Å². The van der Waals surface area contributed by atoms with Crippen molar-refractivity contribution in [3.63, 3.8) is 0 Å². The van der Waals surface area contributed by atoms with E-state index >= 15 is 0 Å². The van der Waals surface area contributed by atoms with Gasteiger partial charge in [-0.05, 0) is 25.2 Å². The number of anilines is 2. The van der Waals surface area contributed by atoms with Gasteiger partial charge in [-0.3, -0.25) is 0 Å². The molecule has 2 aliphatic rings. The lowest BCUT2D eigenvalue weighted by Crippen LogP contribution is -2.09. The van der Waals surface area contributed by atoms with E-state index in [1.165, 1.54) is 25.7 Å². The van der Waals surface area contributed by atoms with Crippen LogP contribution in [0.25, 0.3) is 0 Å². The van der Waals surface area contributed by atoms with Crippen LogP contribution in [0.2, 0.25) is 0 Å². The molecule has 4 nitrogen and oxygen atoms in total. The summed E-state index contributed by atoms with van der Waals surface area (Å²) in [6.07, 6.45) is 5.03. The summed E-state index contributed by atoms with van der Waals surface area (Å²) < 4.78 is 0. The minimum Gasteiger partial charge on any atom is -0.373 e. The summed E-state index contributed by atoms with van der Waals surface area (Å²) in [7, 11) is 1.91. The fraction of sp³-hybridized carbons (Fsp3) is 0.692. The second-order valence-corrected chi connectivity index (χ2v) is 5.18. The summed E-state index contributed by atoms with van der Waals surface area (Å²) in [5.74, 6) is 4.37. The average molecular weight is 232 g/mol. The van der Waals surface area contributed by atoms with Gasteiger partial charge in [0, 0.05) is 25.1 Å². The van der Waals surface area contributed by atoms with E-state index in [1.54, 1.807) is 0 Å². The molecule has 92 valence electrons. The van der Waals surface area contributed by atoms with Crippen LogP contribution in [-0.4, -0.2) is 23.1 Å². The van der Waals surface area contributed by atoms with Gasteiger partial charge >= 0.3 is 0 Å². The van der Waals surface area contributed by atoms with Crippen LogP contribution in [0.4, 0.5) is 11.6 Å². The predicted octanol–water partition coefficient (Wildman–Crippen LogP) is 2.61. The van der Waals surface area contributed by atoms with E-state index in [4.69, 9.17) is 0 Å². The SMILES string of the molecule is CCC1CC1Nc1cc(NC)nc(C2CC2)n1. The molecule has 2 atom stereocenters. The molecule has 2 N–H and O–H groups in total. The molecule has 1 aromatic heterocycles. The maximum Gasteiger partial charge on any atom is 0.136 e. The summed E-state index contributed by atoms with van der Waals surface area (Å²) in [6, 6.07) is 2.64. The maximum absolute atomic E-state index is 4.63. The van der Waals surface area contributed by atoms with Crippen LogP contribution < -0.4 is 10.6 Å². The largest absolute Gasteiger partial charge is 0.373 e. The first-order valence-corrected chi connectivity index (χ1v) is 6.63. The minimum absolute atomic E-state index is 0.602. The highest BCUT2D eigenvalue weighted by Crippen LogP contribution is 2.40. The van der Waals surface area contributed by atoms with E-state index in [-0.39, 0.29) is 0 Å². The Labute approximate surface area is 102 Å². The summed E-state index contributed by atoms with van der Waals surface area (Å²) >= 11 is 0. The molecule has 0 radical (unpaired) electrons. The molecule has 2 saturated carbocycles. The third kappa shape index (κ3) is 2.35. The van der Waals surface area contributed by atoms with Crippen molar-refractivity contribution in [1.29, 1.82) is 0 Å². The van der Waals surface area contributed by atoms with Crippen molar-refractivity contribution in [2.75, 3.05) is 17.7 Å². The standard InChI is InChI=1S/C13H20N4/c1-3-8-6-10(8)15-12-7-11(14-2)16-13(17-12)9-4-5-9/h7-10H,3-6H2,1-2H3,(H2,14,15,16,17). The van der Waals surface area contributed by atoms with E-state index in [9.17, 15) is 0 Å². The van der Waals surface area contributed by atoms with Gasteiger partial charge in [-0.2, -0.15) is 0 Å². The molecule has 3 rings (SSSR count). The highest BCUT2D eigenvalue weighted by molar-refractivity contribution is 5.49. The number of rotatable bonds is 5. The van der Waals surface area contributed by atoms with Gasteiger partial charge in [-0.15, -0.1) is 0 Å².